The molecule has 0 bridgehead atoms. The van der Waals surface area contributed by atoms with Crippen molar-refractivity contribution in [3.05, 3.63) is 59.9 Å². The number of hydrogen-bond donors (Lipinski definition) is 2. The van der Waals surface area contributed by atoms with E-state index in [9.17, 15) is 9.90 Å². The summed E-state index contributed by atoms with van der Waals surface area (Å²) in [4.78, 5) is 24.0. The lowest BCUT2D eigenvalue weighted by molar-refractivity contribution is 0.00484. The van der Waals surface area contributed by atoms with Gasteiger partial charge in [0.1, 0.15) is 5.84 Å². The number of hydrogen-bond acceptors (Lipinski definition) is 4. The first-order chi connectivity index (χ1) is 14.5. The minimum absolute atomic E-state index is 0.178. The lowest BCUT2D eigenvalue weighted by Crippen LogP contribution is -2.49. The van der Waals surface area contributed by atoms with E-state index in [-0.39, 0.29) is 6.03 Å². The molecule has 0 spiro atoms. The molecule has 30 heavy (non-hydrogen) atoms. The van der Waals surface area contributed by atoms with Crippen molar-refractivity contribution >= 4 is 17.6 Å². The Kier molecular flexibility index (Phi) is 5.68. The maximum absolute atomic E-state index is 12.7. The van der Waals surface area contributed by atoms with Gasteiger partial charge in [0.05, 0.1) is 17.0 Å². The molecule has 1 fully saturated rings. The maximum atomic E-state index is 12.7. The van der Waals surface area contributed by atoms with Gasteiger partial charge in [-0.25, -0.2) is 9.79 Å². The maximum Gasteiger partial charge on any atom is 0.323 e. The summed E-state index contributed by atoms with van der Waals surface area (Å²) in [5.41, 5.74) is 4.39. The normalized spacial score (nSPS) is 17.7. The van der Waals surface area contributed by atoms with Crippen LogP contribution in [0.4, 0.5) is 10.5 Å². The van der Waals surface area contributed by atoms with E-state index < -0.39 is 5.60 Å². The molecule has 2 amide bonds. The number of carbonyl (C=O) groups excluding carboxylic acids is 1. The number of piperidine rings is 1. The highest BCUT2D eigenvalue weighted by Gasteiger charge is 2.30. The quantitative estimate of drug-likeness (QED) is 0.794. The standard InChI is InChI=1S/C24H28N4O2/c1-3-20-22-18(19(16-25-20)17-8-5-4-6-9-17)10-7-11-21(26-22)27-23(29)28-14-12-24(2,30)13-15-28/h4-9,11,16,30H,3,10,12-15H2,1-2H3,(H,26,27,29). The second-order valence-electron chi connectivity index (χ2n) is 8.18. The Labute approximate surface area is 177 Å². The number of aryl methyl sites for hydroxylation is 1. The zero-order chi connectivity index (χ0) is 21.1. The number of pyridine rings is 1. The predicted octanol–water partition coefficient (Wildman–Crippen LogP) is 4.01. The fourth-order valence-electron chi connectivity index (χ4n) is 3.94. The number of nitrogens with one attached hydrogen (secondary N) is 1. The molecule has 2 aliphatic heterocycles. The molecule has 2 N–H and O–H groups in total. The van der Waals surface area contributed by atoms with Crippen LogP contribution in [0, 0.1) is 0 Å². The van der Waals surface area contributed by atoms with E-state index in [0.717, 1.165) is 40.9 Å². The van der Waals surface area contributed by atoms with Crippen molar-refractivity contribution in [2.75, 3.05) is 13.1 Å². The first kappa shape index (κ1) is 20.3. The Morgan fingerprint density at radius 2 is 1.97 bits per heavy atom. The Balaban J connectivity index is 1.62. The van der Waals surface area contributed by atoms with Crippen molar-refractivity contribution < 1.29 is 9.90 Å². The molecule has 2 aliphatic rings. The number of aliphatic imine (C=N–C) groups is 1. The summed E-state index contributed by atoms with van der Waals surface area (Å²) >= 11 is 0. The highest BCUT2D eigenvalue weighted by Crippen LogP contribution is 2.34. The van der Waals surface area contributed by atoms with E-state index in [2.05, 4.69) is 29.4 Å². The first-order valence-corrected chi connectivity index (χ1v) is 10.6. The first-order valence-electron chi connectivity index (χ1n) is 10.6. The molecule has 0 radical (unpaired) electrons. The van der Waals surface area contributed by atoms with E-state index in [1.54, 1.807) is 4.90 Å². The molecule has 0 atom stereocenters. The monoisotopic (exact) mass is 404 g/mol. The van der Waals surface area contributed by atoms with Crippen LogP contribution in [-0.2, 0) is 12.8 Å². The number of aliphatic hydroxyl groups is 1. The van der Waals surface area contributed by atoms with E-state index in [4.69, 9.17) is 4.99 Å². The van der Waals surface area contributed by atoms with Crippen molar-refractivity contribution in [1.82, 2.24) is 15.2 Å². The largest absolute Gasteiger partial charge is 0.390 e. The van der Waals surface area contributed by atoms with E-state index in [1.807, 2.05) is 43.5 Å². The molecule has 0 aliphatic carbocycles. The molecule has 2 aromatic rings. The van der Waals surface area contributed by atoms with Crippen molar-refractivity contribution in [2.45, 2.75) is 45.1 Å². The van der Waals surface area contributed by atoms with Gasteiger partial charge in [0.25, 0.3) is 0 Å². The number of nitrogens with zero attached hydrogens (tertiary/aromatic N) is 3. The molecule has 1 saturated heterocycles. The van der Waals surface area contributed by atoms with Crippen LogP contribution in [0.5, 0.6) is 0 Å². The number of amides is 2. The average Bonchev–Trinajstić information content (AvgIpc) is 2.96. The smallest absolute Gasteiger partial charge is 0.323 e. The van der Waals surface area contributed by atoms with Crippen LogP contribution < -0.4 is 5.32 Å². The number of fused-ring (bicyclic) bond motifs is 1. The second kappa shape index (κ2) is 8.40. The van der Waals surface area contributed by atoms with Gasteiger partial charge in [-0.15, -0.1) is 0 Å². The van der Waals surface area contributed by atoms with Crippen LogP contribution in [0.1, 0.15) is 37.9 Å². The average molecular weight is 405 g/mol. The highest BCUT2D eigenvalue weighted by molar-refractivity contribution is 6.05. The van der Waals surface area contributed by atoms with E-state index in [0.29, 0.717) is 31.8 Å². The highest BCUT2D eigenvalue weighted by atomic mass is 16.3. The summed E-state index contributed by atoms with van der Waals surface area (Å²) in [5, 5.41) is 13.1. The Morgan fingerprint density at radius 3 is 2.67 bits per heavy atom. The number of likely N-dealkylation sites (tertiary alicyclic amines) is 1. The Bertz CT molecular complexity index is 986. The van der Waals surface area contributed by atoms with Gasteiger partial charge in [0.15, 0.2) is 0 Å². The molecule has 156 valence electrons. The topological polar surface area (TPSA) is 77.8 Å². The lowest BCUT2D eigenvalue weighted by atomic mass is 9.94. The van der Waals surface area contributed by atoms with Gasteiger partial charge in [-0.2, -0.15) is 0 Å². The van der Waals surface area contributed by atoms with Gasteiger partial charge >= 0.3 is 6.03 Å². The fourth-order valence-corrected chi connectivity index (χ4v) is 3.94. The molecule has 6 nitrogen and oxygen atoms in total. The number of rotatable bonds is 2. The summed E-state index contributed by atoms with van der Waals surface area (Å²) in [6.45, 7) is 4.95. The van der Waals surface area contributed by atoms with Crippen molar-refractivity contribution in [3.63, 3.8) is 0 Å². The number of allylic oxidation sites excluding steroid dienone is 1. The Morgan fingerprint density at radius 1 is 1.23 bits per heavy atom. The SMILES string of the molecule is CCc1ncc(-c2ccccc2)c2c1N=C(NC(=O)N1CCC(C)(O)CC1)C=CC2. The number of aromatic nitrogens is 1. The molecule has 1 aromatic carbocycles. The molecule has 0 saturated carbocycles. The molecular formula is C24H28N4O2. The number of carbonyl (C=O) groups is 1. The number of urea groups is 1. The van der Waals surface area contributed by atoms with Crippen molar-refractivity contribution in [1.29, 1.82) is 0 Å². The molecular weight excluding hydrogens is 376 g/mol. The lowest BCUT2D eigenvalue weighted by Gasteiger charge is -2.35. The van der Waals surface area contributed by atoms with Crippen LogP contribution in [0.25, 0.3) is 11.1 Å². The zero-order valence-electron chi connectivity index (χ0n) is 17.6. The molecule has 1 aromatic heterocycles. The summed E-state index contributed by atoms with van der Waals surface area (Å²) < 4.78 is 0. The zero-order valence-corrected chi connectivity index (χ0v) is 17.6. The minimum Gasteiger partial charge on any atom is -0.390 e. The van der Waals surface area contributed by atoms with Gasteiger partial charge in [0, 0.05) is 24.8 Å². The van der Waals surface area contributed by atoms with E-state index >= 15 is 0 Å². The second-order valence-corrected chi connectivity index (χ2v) is 8.18. The summed E-state index contributed by atoms with van der Waals surface area (Å²) in [6, 6.07) is 10.0. The minimum atomic E-state index is -0.689. The summed E-state index contributed by atoms with van der Waals surface area (Å²) in [5.74, 6) is 0.526. The van der Waals surface area contributed by atoms with Gasteiger partial charge in [-0.05, 0) is 49.8 Å². The van der Waals surface area contributed by atoms with Crippen molar-refractivity contribution in [3.8, 4) is 11.1 Å². The van der Waals surface area contributed by atoms with Crippen LogP contribution in [0.15, 0.2) is 53.7 Å². The van der Waals surface area contributed by atoms with Gasteiger partial charge in [-0.3, -0.25) is 10.3 Å². The van der Waals surface area contributed by atoms with E-state index in [1.165, 1.54) is 0 Å². The molecule has 3 heterocycles. The van der Waals surface area contributed by atoms with Crippen molar-refractivity contribution in [2.24, 2.45) is 4.99 Å². The Hall–Kier alpha value is -2.99. The van der Waals surface area contributed by atoms with Crippen LogP contribution in [0.3, 0.4) is 0 Å². The van der Waals surface area contributed by atoms with Crippen LogP contribution >= 0.6 is 0 Å². The van der Waals surface area contributed by atoms with Gasteiger partial charge in [-0.1, -0.05) is 43.3 Å². The molecule has 4 rings (SSSR count). The summed E-state index contributed by atoms with van der Waals surface area (Å²) in [6.07, 6.45) is 8.49. The van der Waals surface area contributed by atoms with Crippen LogP contribution in [-0.4, -0.2) is 45.5 Å². The van der Waals surface area contributed by atoms with Gasteiger partial charge in [0.2, 0.25) is 0 Å². The fraction of sp³-hybridized carbons (Fsp3) is 0.375. The number of amidine groups is 1. The summed E-state index contributed by atoms with van der Waals surface area (Å²) in [7, 11) is 0. The molecule has 0 unspecified atom stereocenters. The molecule has 6 heteroatoms. The third kappa shape index (κ3) is 4.28. The van der Waals surface area contributed by atoms with Gasteiger partial charge < -0.3 is 10.0 Å². The predicted molar refractivity (Wildman–Crippen MR) is 119 cm³/mol. The van der Waals surface area contributed by atoms with Crippen LogP contribution in [0.2, 0.25) is 0 Å². The number of benzene rings is 1. The third-order valence-electron chi connectivity index (χ3n) is 5.85. The third-order valence-corrected chi connectivity index (χ3v) is 5.85.